The number of aliphatic imine (C=N–C) groups is 1. The number of hydrogen-bond acceptors (Lipinski definition) is 9. The number of hydroxylamine groups is 1. The van der Waals surface area contributed by atoms with Gasteiger partial charge in [-0.25, -0.2) is 5.48 Å². The van der Waals surface area contributed by atoms with Crippen LogP contribution in [0.1, 0.15) is 51.5 Å². The van der Waals surface area contributed by atoms with Gasteiger partial charge in [-0.1, -0.05) is 26.0 Å². The largest absolute Gasteiger partial charge is 0.494 e. The third-order valence-electron chi connectivity index (χ3n) is 7.43. The second kappa shape index (κ2) is 19.8. The molecule has 0 spiro atoms. The molecule has 16 nitrogen and oxygen atoms in total. The van der Waals surface area contributed by atoms with E-state index in [0.717, 1.165) is 5.56 Å². The summed E-state index contributed by atoms with van der Waals surface area (Å²) < 4.78 is 5.81. The Balaban J connectivity index is 2.35. The Morgan fingerprint density at radius 1 is 1.09 bits per heavy atom. The fourth-order valence-corrected chi connectivity index (χ4v) is 5.13. The molecule has 0 aromatic heterocycles. The highest BCUT2D eigenvalue weighted by molar-refractivity contribution is 5.94. The maximum Gasteiger partial charge on any atom is 0.247 e. The predicted octanol–water partition coefficient (Wildman–Crippen LogP) is -1.60. The highest BCUT2D eigenvalue weighted by Gasteiger charge is 2.36. The van der Waals surface area contributed by atoms with Gasteiger partial charge >= 0.3 is 0 Å². The van der Waals surface area contributed by atoms with Gasteiger partial charge in [-0.3, -0.25) is 34.2 Å². The number of rotatable bonds is 14. The van der Waals surface area contributed by atoms with Crippen molar-refractivity contribution in [1.82, 2.24) is 26.7 Å². The second-order valence-corrected chi connectivity index (χ2v) is 11.6. The molecule has 2 heterocycles. The van der Waals surface area contributed by atoms with Crippen molar-refractivity contribution in [3.05, 3.63) is 29.8 Å². The SMILES string of the molecule is CC(C)C[C@H]1C(=O)N[C@H](C(=O)N[C@@H](CCCN=C(N)N)C(=O)NCCNC(=O)CN)Cc2ccc(cc2)OCCC[C@@H]1C(=O)NO. The van der Waals surface area contributed by atoms with Gasteiger partial charge in [-0.05, 0) is 55.7 Å². The van der Waals surface area contributed by atoms with E-state index in [9.17, 15) is 29.2 Å². The molecule has 1 aromatic rings. The predicted molar refractivity (Wildman–Crippen MR) is 170 cm³/mol. The fourth-order valence-electron chi connectivity index (χ4n) is 5.13. The van der Waals surface area contributed by atoms with E-state index in [1.54, 1.807) is 29.7 Å². The Labute approximate surface area is 269 Å². The molecule has 16 heteroatoms. The van der Waals surface area contributed by atoms with Crippen LogP contribution in [0.5, 0.6) is 5.75 Å². The summed E-state index contributed by atoms with van der Waals surface area (Å²) in [6.45, 7) is 4.38. The first-order chi connectivity index (χ1) is 21.9. The smallest absolute Gasteiger partial charge is 0.247 e. The van der Waals surface area contributed by atoms with Gasteiger partial charge in [-0.15, -0.1) is 0 Å². The minimum Gasteiger partial charge on any atom is -0.494 e. The Kier molecular flexibility index (Phi) is 16.3. The molecular weight excluding hydrogens is 598 g/mol. The number of amides is 5. The number of carbonyl (C=O) groups excluding carboxylic acids is 5. The summed E-state index contributed by atoms with van der Waals surface area (Å²) in [5, 5.41) is 20.3. The van der Waals surface area contributed by atoms with Crippen LogP contribution in [0.2, 0.25) is 0 Å². The van der Waals surface area contributed by atoms with Crippen molar-refractivity contribution in [2.24, 2.45) is 39.9 Å². The Morgan fingerprint density at radius 2 is 1.78 bits per heavy atom. The van der Waals surface area contributed by atoms with Crippen LogP contribution in [-0.4, -0.2) is 85.6 Å². The molecule has 0 aliphatic carbocycles. The molecule has 2 aliphatic rings. The zero-order valence-electron chi connectivity index (χ0n) is 26.6. The van der Waals surface area contributed by atoms with Crippen molar-refractivity contribution in [1.29, 1.82) is 0 Å². The summed E-state index contributed by atoms with van der Waals surface area (Å²) in [6.07, 6.45) is 1.63. The summed E-state index contributed by atoms with van der Waals surface area (Å²) in [7, 11) is 0. The fraction of sp³-hybridized carbons (Fsp3) is 0.600. The minimum atomic E-state index is -1.12. The van der Waals surface area contributed by atoms with Crippen LogP contribution in [-0.2, 0) is 30.4 Å². The van der Waals surface area contributed by atoms with Crippen LogP contribution in [0.4, 0.5) is 0 Å². The van der Waals surface area contributed by atoms with Gasteiger partial charge in [0.1, 0.15) is 17.8 Å². The standard InChI is InChI=1S/C30H49N9O7/c1-18(2)15-22-21(27(42)39-45)5-4-14-46-20-9-7-19(8-10-20)16-24(38-26(22)41)29(44)37-23(6-3-11-36-30(32)33)28(43)35-13-12-34-25(40)17-31/h7-10,18,21-24,45H,3-6,11-17,31H2,1-2H3,(H,34,40)(H,35,43)(H,37,44)(H,38,41)(H,39,42)(H4,32,33,36)/t21-,22+,23-,24-/m0/s1. The lowest BCUT2D eigenvalue weighted by molar-refractivity contribution is -0.142. The number of fused-ring (bicyclic) bond motifs is 11. The normalized spacial score (nSPS) is 19.1. The molecule has 12 N–H and O–H groups in total. The lowest BCUT2D eigenvalue weighted by Crippen LogP contribution is -2.56. The number of benzene rings is 1. The lowest BCUT2D eigenvalue weighted by Gasteiger charge is -2.29. The van der Waals surface area contributed by atoms with Crippen LogP contribution in [0.15, 0.2) is 29.3 Å². The second-order valence-electron chi connectivity index (χ2n) is 11.6. The number of guanidine groups is 1. The average Bonchev–Trinajstić information content (AvgIpc) is 3.02. The molecule has 3 rings (SSSR count). The third-order valence-corrected chi connectivity index (χ3v) is 7.43. The number of carbonyl (C=O) groups is 5. The lowest BCUT2D eigenvalue weighted by atomic mass is 9.81. The van der Waals surface area contributed by atoms with Crippen LogP contribution >= 0.6 is 0 Å². The van der Waals surface area contributed by atoms with Crippen LogP contribution in [0.3, 0.4) is 0 Å². The van der Waals surface area contributed by atoms with Crippen LogP contribution in [0.25, 0.3) is 0 Å². The first-order valence-electron chi connectivity index (χ1n) is 15.5. The molecule has 256 valence electrons. The van der Waals surface area contributed by atoms with Crippen molar-refractivity contribution >= 4 is 35.5 Å². The van der Waals surface area contributed by atoms with Gasteiger partial charge in [0.2, 0.25) is 29.5 Å². The van der Waals surface area contributed by atoms with E-state index in [4.69, 9.17) is 21.9 Å². The number of nitrogens with two attached hydrogens (primary N) is 3. The molecule has 1 aromatic carbocycles. The highest BCUT2D eigenvalue weighted by Crippen LogP contribution is 2.27. The van der Waals surface area contributed by atoms with Crippen molar-refractivity contribution < 1.29 is 33.9 Å². The number of hydrogen-bond donors (Lipinski definition) is 9. The van der Waals surface area contributed by atoms with Gasteiger partial charge in [-0.2, -0.15) is 0 Å². The quantitative estimate of drug-likeness (QED) is 0.0367. The van der Waals surface area contributed by atoms with Crippen molar-refractivity contribution in [2.75, 3.05) is 32.8 Å². The number of nitrogens with one attached hydrogen (secondary N) is 5. The molecule has 0 saturated heterocycles. The molecule has 4 atom stereocenters. The van der Waals surface area contributed by atoms with E-state index < -0.39 is 47.5 Å². The monoisotopic (exact) mass is 647 g/mol. The maximum absolute atomic E-state index is 13.8. The van der Waals surface area contributed by atoms with Crippen molar-refractivity contribution in [2.45, 2.75) is 64.5 Å². The summed E-state index contributed by atoms with van der Waals surface area (Å²) in [5.74, 6) is -3.94. The van der Waals surface area contributed by atoms with E-state index in [-0.39, 0.29) is 63.2 Å². The Bertz CT molecular complexity index is 1190. The van der Waals surface area contributed by atoms with Gasteiger partial charge in [0.15, 0.2) is 5.96 Å². The third kappa shape index (κ3) is 13.3. The Morgan fingerprint density at radius 3 is 2.41 bits per heavy atom. The van der Waals surface area contributed by atoms with Gasteiger partial charge in [0.05, 0.1) is 19.1 Å². The summed E-state index contributed by atoms with van der Waals surface area (Å²) in [5.41, 5.74) is 18.5. The zero-order valence-corrected chi connectivity index (χ0v) is 26.6. The summed E-state index contributed by atoms with van der Waals surface area (Å²) >= 11 is 0. The van der Waals surface area contributed by atoms with E-state index in [0.29, 0.717) is 31.6 Å². The molecular formula is C30H49N9O7. The van der Waals surface area contributed by atoms with Crippen LogP contribution in [0, 0.1) is 17.8 Å². The van der Waals surface area contributed by atoms with Crippen LogP contribution < -0.4 is 48.7 Å². The Hall–Kier alpha value is -4.44. The van der Waals surface area contributed by atoms with Crippen molar-refractivity contribution in [3.8, 4) is 5.75 Å². The van der Waals surface area contributed by atoms with Gasteiger partial charge in [0.25, 0.3) is 0 Å². The summed E-state index contributed by atoms with van der Waals surface area (Å²) in [6, 6.07) is 4.94. The maximum atomic E-state index is 13.8. The molecule has 46 heavy (non-hydrogen) atoms. The molecule has 0 unspecified atom stereocenters. The van der Waals surface area contributed by atoms with E-state index in [1.807, 2.05) is 13.8 Å². The van der Waals surface area contributed by atoms with Gasteiger partial charge in [0, 0.05) is 32.0 Å². The van der Waals surface area contributed by atoms with Gasteiger partial charge < -0.3 is 43.2 Å². The first kappa shape index (κ1) is 37.7. The zero-order chi connectivity index (χ0) is 34.1. The van der Waals surface area contributed by atoms with E-state index in [2.05, 4.69) is 26.3 Å². The molecule has 2 aliphatic heterocycles. The van der Waals surface area contributed by atoms with E-state index in [1.165, 1.54) is 0 Å². The molecule has 0 saturated carbocycles. The molecule has 2 bridgehead atoms. The number of nitrogens with zero attached hydrogens (tertiary/aromatic N) is 1. The highest BCUT2D eigenvalue weighted by atomic mass is 16.5. The molecule has 0 radical (unpaired) electrons. The molecule has 0 fully saturated rings. The summed E-state index contributed by atoms with van der Waals surface area (Å²) in [4.78, 5) is 68.9. The first-order valence-corrected chi connectivity index (χ1v) is 15.5. The van der Waals surface area contributed by atoms with E-state index >= 15 is 0 Å². The number of ether oxygens (including phenoxy) is 1. The molecule has 5 amide bonds. The average molecular weight is 648 g/mol. The van der Waals surface area contributed by atoms with Crippen molar-refractivity contribution in [3.63, 3.8) is 0 Å². The minimum absolute atomic E-state index is 0.0203. The topological polar surface area (TPSA) is 265 Å².